The summed E-state index contributed by atoms with van der Waals surface area (Å²) in [5, 5.41) is 2.75. The third-order valence-corrected chi connectivity index (χ3v) is 8.87. The maximum Gasteiger partial charge on any atom is -0.00167 e. The summed E-state index contributed by atoms with van der Waals surface area (Å²) in [6.07, 6.45) is 18.9. The van der Waals surface area contributed by atoms with Crippen LogP contribution in [0.5, 0.6) is 0 Å². The molecule has 0 aliphatic heterocycles. The van der Waals surface area contributed by atoms with Crippen LogP contribution in [0.1, 0.15) is 49.4 Å². The lowest BCUT2D eigenvalue weighted by molar-refractivity contribution is 1.07. The molecule has 0 atom stereocenters. The summed E-state index contributed by atoms with van der Waals surface area (Å²) in [5.74, 6) is 0. The maximum absolute atomic E-state index is 2.44. The van der Waals surface area contributed by atoms with Gasteiger partial charge in [-0.15, -0.1) is 0 Å². The molecule has 168 valence electrons. The predicted molar refractivity (Wildman–Crippen MR) is 147 cm³/mol. The Labute approximate surface area is 190 Å². The van der Waals surface area contributed by atoms with E-state index in [1.165, 1.54) is 43.5 Å². The van der Waals surface area contributed by atoms with Crippen LogP contribution >= 0.6 is 8.29 Å². The molecular formula is C30H42S. The zero-order valence-corrected chi connectivity index (χ0v) is 21.8. The summed E-state index contributed by atoms with van der Waals surface area (Å²) in [4.78, 5) is 1.48. The van der Waals surface area contributed by atoms with E-state index in [2.05, 4.69) is 113 Å². The van der Waals surface area contributed by atoms with Crippen LogP contribution in [0.4, 0.5) is 0 Å². The Kier molecular flexibility index (Phi) is 6.00. The van der Waals surface area contributed by atoms with Crippen molar-refractivity contribution in [1.29, 1.82) is 0 Å². The molecule has 0 heterocycles. The molecule has 0 radical (unpaired) electrons. The SMILES string of the molecule is CC/C=C(/Cc1cccc2cc(S(C)(C)(C)(C)C)ccc12)c1ccc(CC)cc1CC. The normalized spacial score (nSPS) is 15.0. The van der Waals surface area contributed by atoms with Gasteiger partial charge in [0.25, 0.3) is 0 Å². The molecule has 3 rings (SSSR count). The minimum absolute atomic E-state index is 0.982. The van der Waals surface area contributed by atoms with Gasteiger partial charge in [-0.3, -0.25) is 8.29 Å². The largest absolute Gasteiger partial charge is 0.265 e. The molecule has 31 heavy (non-hydrogen) atoms. The molecule has 0 saturated carbocycles. The van der Waals surface area contributed by atoms with Gasteiger partial charge in [0.15, 0.2) is 0 Å². The lowest BCUT2D eigenvalue weighted by Crippen LogP contribution is -2.29. The fourth-order valence-electron chi connectivity index (χ4n) is 4.32. The second kappa shape index (κ2) is 7.85. The van der Waals surface area contributed by atoms with Crippen LogP contribution in [0.25, 0.3) is 16.3 Å². The first-order valence-electron chi connectivity index (χ1n) is 11.7. The van der Waals surface area contributed by atoms with E-state index in [-0.39, 0.29) is 0 Å². The minimum Gasteiger partial charge on any atom is -0.265 e. The van der Waals surface area contributed by atoms with Gasteiger partial charge in [0.05, 0.1) is 0 Å². The molecule has 0 nitrogen and oxygen atoms in total. The summed E-state index contributed by atoms with van der Waals surface area (Å²) in [6.45, 7) is 6.76. The molecule has 3 aromatic rings. The quantitative estimate of drug-likeness (QED) is 0.350. The van der Waals surface area contributed by atoms with E-state index in [9.17, 15) is 0 Å². The highest BCUT2D eigenvalue weighted by Gasteiger charge is 2.38. The van der Waals surface area contributed by atoms with Crippen molar-refractivity contribution in [3.8, 4) is 0 Å². The van der Waals surface area contributed by atoms with Crippen molar-refractivity contribution in [2.24, 2.45) is 0 Å². The third-order valence-electron chi connectivity index (χ3n) is 6.26. The number of fused-ring (bicyclic) bond motifs is 1. The molecule has 0 amide bonds. The Bertz CT molecular complexity index is 1130. The van der Waals surface area contributed by atoms with Crippen molar-refractivity contribution < 1.29 is 0 Å². The van der Waals surface area contributed by atoms with Crippen LogP contribution in [0, 0.1) is 0 Å². The second-order valence-electron chi connectivity index (χ2n) is 11.9. The van der Waals surface area contributed by atoms with E-state index < -0.39 is 8.29 Å². The Morgan fingerprint density at radius 3 is 2.13 bits per heavy atom. The number of rotatable bonds is 7. The van der Waals surface area contributed by atoms with Gasteiger partial charge in [-0.2, -0.15) is 0 Å². The van der Waals surface area contributed by atoms with Gasteiger partial charge in [-0.1, -0.05) is 75.4 Å². The molecule has 0 aliphatic rings. The van der Waals surface area contributed by atoms with E-state index >= 15 is 0 Å². The first-order chi connectivity index (χ1) is 14.4. The molecule has 0 aliphatic carbocycles. The Balaban J connectivity index is 2.08. The van der Waals surface area contributed by atoms with E-state index in [0.717, 1.165) is 25.7 Å². The van der Waals surface area contributed by atoms with Crippen LogP contribution in [0.2, 0.25) is 0 Å². The zero-order chi connectivity index (χ0) is 22.9. The topological polar surface area (TPSA) is 0 Å². The number of hydrogen-bond donors (Lipinski definition) is 0. The number of allylic oxidation sites excluding steroid dienone is 2. The fourth-order valence-corrected chi connectivity index (χ4v) is 5.78. The smallest absolute Gasteiger partial charge is 0.00167 e. The molecule has 0 fully saturated rings. The van der Waals surface area contributed by atoms with Gasteiger partial charge >= 0.3 is 0 Å². The number of benzene rings is 3. The van der Waals surface area contributed by atoms with Gasteiger partial charge in [-0.25, -0.2) is 0 Å². The summed E-state index contributed by atoms with van der Waals surface area (Å²) in [6, 6.07) is 21.1. The summed E-state index contributed by atoms with van der Waals surface area (Å²) >= 11 is 0. The maximum atomic E-state index is 2.44. The lowest BCUT2D eigenvalue weighted by Gasteiger charge is -2.66. The average Bonchev–Trinajstić information content (AvgIpc) is 2.71. The predicted octanol–water partition coefficient (Wildman–Crippen LogP) is 8.38. The summed E-state index contributed by atoms with van der Waals surface area (Å²) in [5.41, 5.74) is 7.22. The first kappa shape index (κ1) is 23.7. The van der Waals surface area contributed by atoms with E-state index in [1.807, 2.05) is 0 Å². The Morgan fingerprint density at radius 2 is 1.52 bits per heavy atom. The third kappa shape index (κ3) is 5.44. The molecule has 1 heteroatoms. The summed E-state index contributed by atoms with van der Waals surface area (Å²) < 4.78 is 0. The molecule has 0 saturated heterocycles. The second-order valence-corrected chi connectivity index (χ2v) is 22.6. The molecule has 0 N–H and O–H groups in total. The van der Waals surface area contributed by atoms with Crippen LogP contribution < -0.4 is 0 Å². The van der Waals surface area contributed by atoms with Crippen molar-refractivity contribution >= 4 is 24.6 Å². The van der Waals surface area contributed by atoms with Crippen molar-refractivity contribution in [3.63, 3.8) is 0 Å². The van der Waals surface area contributed by atoms with Crippen molar-refractivity contribution in [2.45, 2.75) is 51.3 Å². The molecule has 0 aromatic heterocycles. The number of aryl methyl sites for hydroxylation is 2. The first-order valence-corrected chi connectivity index (χ1v) is 16.2. The van der Waals surface area contributed by atoms with Gasteiger partial charge < -0.3 is 0 Å². The van der Waals surface area contributed by atoms with E-state index in [1.54, 1.807) is 0 Å². The van der Waals surface area contributed by atoms with Crippen LogP contribution in [0.3, 0.4) is 0 Å². The molecule has 3 aromatic carbocycles. The van der Waals surface area contributed by atoms with Crippen molar-refractivity contribution in [3.05, 3.63) is 82.9 Å². The highest BCUT2D eigenvalue weighted by molar-refractivity contribution is 8.62. The van der Waals surface area contributed by atoms with Crippen LogP contribution in [-0.4, -0.2) is 31.3 Å². The number of hydrogen-bond acceptors (Lipinski definition) is 0. The molecular weight excluding hydrogens is 392 g/mol. The highest BCUT2D eigenvalue weighted by atomic mass is 32.4. The Hall–Kier alpha value is -1.99. The zero-order valence-electron chi connectivity index (χ0n) is 21.0. The van der Waals surface area contributed by atoms with Gasteiger partial charge in [0, 0.05) is 0 Å². The van der Waals surface area contributed by atoms with Gasteiger partial charge in [0.2, 0.25) is 0 Å². The molecule has 0 bridgehead atoms. The van der Waals surface area contributed by atoms with Crippen molar-refractivity contribution in [2.75, 3.05) is 31.3 Å². The standard InChI is InChI=1S/C30H42S/c1-9-13-25(29-18-16-23(10-2)20-24(29)11-3)21-26-14-12-15-27-22-28(17-19-30(26)27)31(4,5,6,7)8/h12-20,22H,9-11,21H2,1-8H3/b25-13-. The lowest BCUT2D eigenvalue weighted by atomic mass is 9.89. The Morgan fingerprint density at radius 1 is 0.774 bits per heavy atom. The minimum atomic E-state index is -2.21. The van der Waals surface area contributed by atoms with E-state index in [0.29, 0.717) is 0 Å². The van der Waals surface area contributed by atoms with Crippen LogP contribution in [-0.2, 0) is 19.3 Å². The molecule has 0 spiro atoms. The summed E-state index contributed by atoms with van der Waals surface area (Å²) in [7, 11) is -2.21. The highest BCUT2D eigenvalue weighted by Crippen LogP contribution is 2.81. The average molecular weight is 435 g/mol. The van der Waals surface area contributed by atoms with Crippen molar-refractivity contribution in [1.82, 2.24) is 0 Å². The van der Waals surface area contributed by atoms with Gasteiger partial charge in [-0.05, 0) is 107 Å². The van der Waals surface area contributed by atoms with Crippen LogP contribution in [0.15, 0.2) is 65.6 Å². The molecule has 0 unspecified atom stereocenters. The van der Waals surface area contributed by atoms with Gasteiger partial charge in [0.1, 0.15) is 0 Å². The van der Waals surface area contributed by atoms with E-state index in [4.69, 9.17) is 0 Å². The fraction of sp³-hybridized carbons (Fsp3) is 0.400. The monoisotopic (exact) mass is 434 g/mol.